The predicted molar refractivity (Wildman–Crippen MR) is 105 cm³/mol. The van der Waals surface area contributed by atoms with Gasteiger partial charge in [-0.25, -0.2) is 13.4 Å². The number of benzene rings is 1. The normalized spacial score (nSPS) is 22.9. The average molecular weight is 404 g/mol. The molecule has 3 heterocycles. The quantitative estimate of drug-likeness (QED) is 0.812. The van der Waals surface area contributed by atoms with Crippen molar-refractivity contribution in [1.82, 2.24) is 19.2 Å². The maximum Gasteiger partial charge on any atom is 0.244 e. The number of imidazole rings is 1. The van der Waals surface area contributed by atoms with Gasteiger partial charge in [0, 0.05) is 37.9 Å². The van der Waals surface area contributed by atoms with Gasteiger partial charge >= 0.3 is 0 Å². The van der Waals surface area contributed by atoms with Gasteiger partial charge in [0.25, 0.3) is 0 Å². The second-order valence-electron chi connectivity index (χ2n) is 7.52. The van der Waals surface area contributed by atoms with E-state index in [9.17, 15) is 13.2 Å². The molecule has 0 unspecified atom stereocenters. The number of piperidine rings is 1. The standard InChI is InChI=1S/C19H25N5O3S/c1-14(24-11-8-20-13-24)12-18(25)23-9-6-15(7-10-23)19-21-16-4-2-3-5-17(16)28(26,27)22-19/h2-5,8,11,13-15,19,21-22H,6-7,9-10,12H2,1H3/t14-,19+/m1/s1. The summed E-state index contributed by atoms with van der Waals surface area (Å²) in [4.78, 5) is 18.8. The van der Waals surface area contributed by atoms with Crippen molar-refractivity contribution in [2.24, 2.45) is 5.92 Å². The van der Waals surface area contributed by atoms with Crippen LogP contribution in [0.1, 0.15) is 32.2 Å². The van der Waals surface area contributed by atoms with Gasteiger partial charge < -0.3 is 14.8 Å². The third-order valence-corrected chi connectivity index (χ3v) is 7.14. The number of likely N-dealkylation sites (tertiary alicyclic amines) is 1. The van der Waals surface area contributed by atoms with Gasteiger partial charge in [0.2, 0.25) is 15.9 Å². The molecule has 0 radical (unpaired) electrons. The molecule has 2 aliphatic heterocycles. The minimum absolute atomic E-state index is 0.0658. The van der Waals surface area contributed by atoms with Crippen LogP contribution in [0.15, 0.2) is 47.9 Å². The lowest BCUT2D eigenvalue weighted by Crippen LogP contribution is -2.52. The van der Waals surface area contributed by atoms with Crippen molar-refractivity contribution in [2.45, 2.75) is 43.3 Å². The summed E-state index contributed by atoms with van der Waals surface area (Å²) < 4.78 is 29.7. The number of aromatic nitrogens is 2. The first-order chi connectivity index (χ1) is 13.4. The van der Waals surface area contributed by atoms with Crippen LogP contribution in [-0.4, -0.2) is 48.0 Å². The summed E-state index contributed by atoms with van der Waals surface area (Å²) in [6, 6.07) is 7.00. The minimum Gasteiger partial charge on any atom is -0.368 e. The van der Waals surface area contributed by atoms with Crippen LogP contribution in [0.2, 0.25) is 0 Å². The molecule has 2 atom stereocenters. The summed E-state index contributed by atoms with van der Waals surface area (Å²) in [6.07, 6.45) is 6.90. The molecule has 9 heteroatoms. The topological polar surface area (TPSA) is 96.3 Å². The Morgan fingerprint density at radius 1 is 1.29 bits per heavy atom. The highest BCUT2D eigenvalue weighted by atomic mass is 32.2. The number of nitrogens with zero attached hydrogens (tertiary/aromatic N) is 3. The van der Waals surface area contributed by atoms with Crippen LogP contribution in [0.4, 0.5) is 5.69 Å². The van der Waals surface area contributed by atoms with Crippen LogP contribution in [0.5, 0.6) is 0 Å². The van der Waals surface area contributed by atoms with Gasteiger partial charge in [-0.3, -0.25) is 4.79 Å². The average Bonchev–Trinajstić information content (AvgIpc) is 3.22. The fourth-order valence-electron chi connectivity index (χ4n) is 3.96. The Morgan fingerprint density at radius 3 is 2.75 bits per heavy atom. The zero-order chi connectivity index (χ0) is 19.7. The predicted octanol–water partition coefficient (Wildman–Crippen LogP) is 1.80. The number of anilines is 1. The second-order valence-corrected chi connectivity index (χ2v) is 9.20. The van der Waals surface area contributed by atoms with E-state index in [1.807, 2.05) is 28.7 Å². The van der Waals surface area contributed by atoms with Gasteiger partial charge in [0.15, 0.2) is 0 Å². The molecule has 1 saturated heterocycles. The van der Waals surface area contributed by atoms with E-state index < -0.39 is 10.0 Å². The summed E-state index contributed by atoms with van der Waals surface area (Å²) in [7, 11) is -3.51. The zero-order valence-corrected chi connectivity index (χ0v) is 16.6. The van der Waals surface area contributed by atoms with Crippen molar-refractivity contribution in [2.75, 3.05) is 18.4 Å². The third-order valence-electron chi connectivity index (χ3n) is 5.64. The van der Waals surface area contributed by atoms with Crippen LogP contribution >= 0.6 is 0 Å². The highest BCUT2D eigenvalue weighted by Gasteiger charge is 2.35. The molecule has 28 heavy (non-hydrogen) atoms. The van der Waals surface area contributed by atoms with Gasteiger partial charge in [-0.2, -0.15) is 4.72 Å². The monoisotopic (exact) mass is 403 g/mol. The zero-order valence-electron chi connectivity index (χ0n) is 15.8. The van der Waals surface area contributed by atoms with Crippen molar-refractivity contribution in [3.8, 4) is 0 Å². The lowest BCUT2D eigenvalue weighted by atomic mass is 9.93. The Morgan fingerprint density at radius 2 is 2.04 bits per heavy atom. The van der Waals surface area contributed by atoms with Gasteiger partial charge in [0.05, 0.1) is 18.2 Å². The van der Waals surface area contributed by atoms with Gasteiger partial charge in [-0.15, -0.1) is 0 Å². The molecule has 1 amide bonds. The largest absolute Gasteiger partial charge is 0.368 e. The number of hydrogen-bond donors (Lipinski definition) is 2. The first kappa shape index (κ1) is 18.9. The lowest BCUT2D eigenvalue weighted by Gasteiger charge is -2.39. The maximum absolute atomic E-state index is 12.6. The number of hydrogen-bond acceptors (Lipinski definition) is 5. The van der Waals surface area contributed by atoms with Crippen molar-refractivity contribution in [1.29, 1.82) is 0 Å². The molecule has 1 aromatic heterocycles. The molecule has 2 aliphatic rings. The van der Waals surface area contributed by atoms with E-state index in [-0.39, 0.29) is 28.9 Å². The molecule has 2 N–H and O–H groups in total. The van der Waals surface area contributed by atoms with Gasteiger partial charge in [0.1, 0.15) is 4.90 Å². The summed E-state index contributed by atoms with van der Waals surface area (Å²) in [6.45, 7) is 3.29. The van der Waals surface area contributed by atoms with E-state index in [0.29, 0.717) is 25.2 Å². The summed E-state index contributed by atoms with van der Waals surface area (Å²) in [5.74, 6) is 0.264. The molecule has 1 aromatic carbocycles. The van der Waals surface area contributed by atoms with Gasteiger partial charge in [-0.1, -0.05) is 12.1 Å². The maximum atomic E-state index is 12.6. The summed E-state index contributed by atoms with van der Waals surface area (Å²) >= 11 is 0. The number of rotatable bonds is 4. The third kappa shape index (κ3) is 3.77. The van der Waals surface area contributed by atoms with Crippen molar-refractivity contribution < 1.29 is 13.2 Å². The van der Waals surface area contributed by atoms with Crippen molar-refractivity contribution >= 4 is 21.6 Å². The van der Waals surface area contributed by atoms with Crippen molar-refractivity contribution in [3.63, 3.8) is 0 Å². The highest BCUT2D eigenvalue weighted by molar-refractivity contribution is 7.89. The molecule has 2 aromatic rings. The number of carbonyl (C=O) groups excluding carboxylic acids is 1. The number of sulfonamides is 1. The van der Waals surface area contributed by atoms with E-state index in [2.05, 4.69) is 15.0 Å². The molecule has 0 aliphatic carbocycles. The molecule has 0 spiro atoms. The van der Waals surface area contributed by atoms with Crippen LogP contribution in [-0.2, 0) is 14.8 Å². The number of nitrogens with one attached hydrogen (secondary N) is 2. The SMILES string of the molecule is C[C@H](CC(=O)N1CCC([C@H]2Nc3ccccc3S(=O)(=O)N2)CC1)n1ccnc1. The Labute approximate surface area is 165 Å². The Hall–Kier alpha value is -2.39. The number of para-hydroxylation sites is 1. The van der Waals surface area contributed by atoms with E-state index in [1.165, 1.54) is 0 Å². The van der Waals surface area contributed by atoms with Crippen LogP contribution in [0.3, 0.4) is 0 Å². The lowest BCUT2D eigenvalue weighted by molar-refractivity contribution is -0.133. The molecule has 8 nitrogen and oxygen atoms in total. The van der Waals surface area contributed by atoms with Crippen LogP contribution in [0, 0.1) is 5.92 Å². The van der Waals surface area contributed by atoms with Crippen molar-refractivity contribution in [3.05, 3.63) is 43.0 Å². The summed E-state index contributed by atoms with van der Waals surface area (Å²) in [5, 5.41) is 3.31. The molecule has 1 fully saturated rings. The fourth-order valence-corrected chi connectivity index (χ4v) is 5.35. The molecule has 150 valence electrons. The summed E-state index contributed by atoms with van der Waals surface area (Å²) in [5.41, 5.74) is 0.638. The number of amides is 1. The smallest absolute Gasteiger partial charge is 0.244 e. The van der Waals surface area contributed by atoms with E-state index >= 15 is 0 Å². The number of carbonyl (C=O) groups is 1. The van der Waals surface area contributed by atoms with Gasteiger partial charge in [-0.05, 0) is 37.8 Å². The first-order valence-electron chi connectivity index (χ1n) is 9.57. The molecule has 0 saturated carbocycles. The van der Waals surface area contributed by atoms with E-state index in [0.717, 1.165) is 12.8 Å². The molecular weight excluding hydrogens is 378 g/mol. The first-order valence-corrected chi connectivity index (χ1v) is 11.1. The van der Waals surface area contributed by atoms with Crippen LogP contribution in [0.25, 0.3) is 0 Å². The second kappa shape index (κ2) is 7.56. The minimum atomic E-state index is -3.51. The highest BCUT2D eigenvalue weighted by Crippen LogP contribution is 2.31. The Kier molecular flexibility index (Phi) is 5.11. The molecular formula is C19H25N5O3S. The Bertz CT molecular complexity index is 936. The molecule has 4 rings (SSSR count). The van der Waals surface area contributed by atoms with Crippen LogP contribution < -0.4 is 10.0 Å². The fraction of sp³-hybridized carbons (Fsp3) is 0.474. The molecule has 0 bridgehead atoms. The Balaban J connectivity index is 1.35. The van der Waals surface area contributed by atoms with E-state index in [4.69, 9.17) is 0 Å². The van der Waals surface area contributed by atoms with E-state index in [1.54, 1.807) is 30.7 Å². The number of fused-ring (bicyclic) bond motifs is 1.